The molecule has 27 heavy (non-hydrogen) atoms. The van der Waals surface area contributed by atoms with Crippen molar-refractivity contribution in [3.8, 4) is 5.75 Å². The minimum absolute atomic E-state index is 0.0410. The Bertz CT molecular complexity index is 833. The van der Waals surface area contributed by atoms with Crippen LogP contribution in [0.4, 0.5) is 4.39 Å². The average Bonchev–Trinajstić information content (AvgIpc) is 2.97. The maximum atomic E-state index is 12.8. The van der Waals surface area contributed by atoms with Gasteiger partial charge in [-0.2, -0.15) is 0 Å². The van der Waals surface area contributed by atoms with E-state index in [4.69, 9.17) is 4.74 Å². The molecular weight excluding hydrogens is 371 g/mol. The van der Waals surface area contributed by atoms with Crippen LogP contribution in [0.3, 0.4) is 0 Å². The summed E-state index contributed by atoms with van der Waals surface area (Å²) in [6.07, 6.45) is -0.880. The van der Waals surface area contributed by atoms with Crippen molar-refractivity contribution in [3.05, 3.63) is 51.5 Å². The van der Waals surface area contributed by atoms with E-state index in [1.807, 2.05) is 19.9 Å². The van der Waals surface area contributed by atoms with E-state index in [1.54, 1.807) is 0 Å². The number of carbonyl (C=O) groups excluding carboxylic acids is 3. The molecule has 8 heteroatoms. The van der Waals surface area contributed by atoms with Crippen LogP contribution in [-0.4, -0.2) is 23.7 Å². The molecule has 1 aromatic carbocycles. The zero-order chi connectivity index (χ0) is 20.0. The number of aryl methyl sites for hydroxylation is 2. The first kappa shape index (κ1) is 20.6. The van der Waals surface area contributed by atoms with Gasteiger partial charge in [-0.25, -0.2) is 4.39 Å². The second-order valence-corrected chi connectivity index (χ2v) is 7.46. The summed E-state index contributed by atoms with van der Waals surface area (Å²) in [6.45, 7) is 5.29. The molecule has 0 saturated heterocycles. The van der Waals surface area contributed by atoms with Crippen LogP contribution in [0.15, 0.2) is 30.3 Å². The first-order valence-corrected chi connectivity index (χ1v) is 9.19. The van der Waals surface area contributed by atoms with Gasteiger partial charge in [0.2, 0.25) is 5.91 Å². The van der Waals surface area contributed by atoms with Gasteiger partial charge in [-0.3, -0.25) is 25.2 Å². The first-order valence-electron chi connectivity index (χ1n) is 8.37. The van der Waals surface area contributed by atoms with Crippen molar-refractivity contribution in [2.75, 3.05) is 0 Å². The van der Waals surface area contributed by atoms with Gasteiger partial charge in [-0.1, -0.05) is 0 Å². The summed E-state index contributed by atoms with van der Waals surface area (Å²) in [5.74, 6) is -1.23. The molecular formula is C19H21FN2O4S. The Hall–Kier alpha value is -2.74. The Labute approximate surface area is 160 Å². The topological polar surface area (TPSA) is 84.5 Å². The zero-order valence-electron chi connectivity index (χ0n) is 15.3. The third kappa shape index (κ3) is 6.18. The van der Waals surface area contributed by atoms with Crippen LogP contribution in [0.5, 0.6) is 5.75 Å². The molecule has 0 bridgehead atoms. The monoisotopic (exact) mass is 392 g/mol. The molecule has 2 N–H and O–H groups in total. The molecule has 0 radical (unpaired) electrons. The van der Waals surface area contributed by atoms with E-state index in [9.17, 15) is 18.8 Å². The number of rotatable bonds is 7. The second-order valence-electron chi connectivity index (χ2n) is 6.00. The van der Waals surface area contributed by atoms with Crippen molar-refractivity contribution >= 4 is 28.9 Å². The van der Waals surface area contributed by atoms with Crippen LogP contribution in [0.25, 0.3) is 0 Å². The van der Waals surface area contributed by atoms with Crippen LogP contribution >= 0.6 is 11.3 Å². The number of ketones is 1. The highest BCUT2D eigenvalue weighted by Crippen LogP contribution is 2.22. The van der Waals surface area contributed by atoms with Crippen molar-refractivity contribution in [2.45, 2.75) is 39.7 Å². The molecule has 6 nitrogen and oxygen atoms in total. The van der Waals surface area contributed by atoms with Crippen LogP contribution in [-0.2, 0) is 9.59 Å². The van der Waals surface area contributed by atoms with Crippen molar-refractivity contribution in [1.29, 1.82) is 0 Å². The fourth-order valence-electron chi connectivity index (χ4n) is 2.34. The summed E-state index contributed by atoms with van der Waals surface area (Å²) < 4.78 is 18.2. The maximum Gasteiger partial charge on any atom is 0.279 e. The highest BCUT2D eigenvalue weighted by Gasteiger charge is 2.17. The third-order valence-corrected chi connectivity index (χ3v) is 4.71. The predicted molar refractivity (Wildman–Crippen MR) is 100 cm³/mol. The molecule has 2 rings (SSSR count). The van der Waals surface area contributed by atoms with E-state index >= 15 is 0 Å². The Morgan fingerprint density at radius 3 is 2.37 bits per heavy atom. The molecule has 0 aliphatic heterocycles. The fourth-order valence-corrected chi connectivity index (χ4v) is 3.28. The van der Waals surface area contributed by atoms with E-state index < -0.39 is 23.7 Å². The van der Waals surface area contributed by atoms with Gasteiger partial charge in [0.15, 0.2) is 11.9 Å². The lowest BCUT2D eigenvalue weighted by atomic mass is 10.1. The van der Waals surface area contributed by atoms with Gasteiger partial charge in [-0.15, -0.1) is 11.3 Å². The second kappa shape index (κ2) is 9.27. The summed E-state index contributed by atoms with van der Waals surface area (Å²) in [7, 11) is 0. The molecule has 0 unspecified atom stereocenters. The van der Waals surface area contributed by atoms with Gasteiger partial charge in [0, 0.05) is 28.2 Å². The Morgan fingerprint density at radius 1 is 1.11 bits per heavy atom. The molecule has 0 saturated carbocycles. The summed E-state index contributed by atoms with van der Waals surface area (Å²) in [5, 5.41) is 0. The number of nitrogens with one attached hydrogen (secondary N) is 2. The lowest BCUT2D eigenvalue weighted by molar-refractivity contribution is -0.132. The third-order valence-electron chi connectivity index (χ3n) is 3.74. The number of carbonyl (C=O) groups is 3. The van der Waals surface area contributed by atoms with Crippen molar-refractivity contribution in [2.24, 2.45) is 0 Å². The van der Waals surface area contributed by atoms with Crippen LogP contribution < -0.4 is 15.6 Å². The molecule has 0 aliphatic rings. The zero-order valence-corrected chi connectivity index (χ0v) is 16.1. The lowest BCUT2D eigenvalue weighted by Crippen LogP contribution is -2.47. The number of Topliss-reactive ketones (excluding diaryl/α,β-unsaturated/α-hetero) is 1. The molecule has 144 valence electrons. The molecule has 1 heterocycles. The van der Waals surface area contributed by atoms with Crippen LogP contribution in [0, 0.1) is 19.7 Å². The van der Waals surface area contributed by atoms with Gasteiger partial charge in [-0.05, 0) is 51.1 Å². The normalized spacial score (nSPS) is 11.6. The molecule has 0 fully saturated rings. The van der Waals surface area contributed by atoms with Crippen molar-refractivity contribution in [3.63, 3.8) is 0 Å². The fraction of sp³-hybridized carbons (Fsp3) is 0.316. The van der Waals surface area contributed by atoms with Gasteiger partial charge in [0.1, 0.15) is 11.6 Å². The number of ether oxygens (including phenoxy) is 1. The van der Waals surface area contributed by atoms with Gasteiger partial charge < -0.3 is 4.74 Å². The van der Waals surface area contributed by atoms with E-state index in [-0.39, 0.29) is 18.6 Å². The smallest absolute Gasteiger partial charge is 0.279 e. The Balaban J connectivity index is 1.74. The highest BCUT2D eigenvalue weighted by molar-refractivity contribution is 7.12. The van der Waals surface area contributed by atoms with E-state index in [1.165, 1.54) is 42.5 Å². The summed E-state index contributed by atoms with van der Waals surface area (Å²) in [6, 6.07) is 7.05. The predicted octanol–water partition coefficient (Wildman–Crippen LogP) is 3.08. The maximum absolute atomic E-state index is 12.8. The summed E-state index contributed by atoms with van der Waals surface area (Å²) in [4.78, 5) is 37.9. The Kier molecular flexibility index (Phi) is 7.06. The number of benzene rings is 1. The standard InChI is InChI=1S/C19H21FN2O4S/c1-11-10-16(13(3)27-11)17(23)8-9-18(24)21-22-19(25)12(2)26-15-6-4-14(20)5-7-15/h4-7,10,12H,8-9H2,1-3H3,(H,21,24)(H,22,25)/t12-/m0/s1. The van der Waals surface area contributed by atoms with Crippen molar-refractivity contribution in [1.82, 2.24) is 10.9 Å². The molecule has 1 aromatic heterocycles. The number of hydrazine groups is 1. The van der Waals surface area contributed by atoms with E-state index in [0.29, 0.717) is 11.3 Å². The number of hydrogen-bond donors (Lipinski definition) is 2. The lowest BCUT2D eigenvalue weighted by Gasteiger charge is -2.15. The molecule has 0 spiro atoms. The highest BCUT2D eigenvalue weighted by atomic mass is 32.1. The van der Waals surface area contributed by atoms with Crippen molar-refractivity contribution < 1.29 is 23.5 Å². The van der Waals surface area contributed by atoms with E-state index in [2.05, 4.69) is 10.9 Å². The number of hydrogen-bond acceptors (Lipinski definition) is 5. The van der Waals surface area contributed by atoms with Crippen LogP contribution in [0.2, 0.25) is 0 Å². The van der Waals surface area contributed by atoms with Crippen LogP contribution in [0.1, 0.15) is 39.9 Å². The first-order chi connectivity index (χ1) is 12.8. The quantitative estimate of drug-likeness (QED) is 0.560. The average molecular weight is 392 g/mol. The minimum atomic E-state index is -0.895. The van der Waals surface area contributed by atoms with Gasteiger partial charge in [0.05, 0.1) is 0 Å². The Morgan fingerprint density at radius 2 is 1.78 bits per heavy atom. The largest absolute Gasteiger partial charge is 0.481 e. The summed E-state index contributed by atoms with van der Waals surface area (Å²) in [5.41, 5.74) is 5.14. The number of thiophene rings is 1. The molecule has 2 aromatic rings. The molecule has 0 aliphatic carbocycles. The van der Waals surface area contributed by atoms with Gasteiger partial charge in [0.25, 0.3) is 5.91 Å². The number of amides is 2. The minimum Gasteiger partial charge on any atom is -0.481 e. The van der Waals surface area contributed by atoms with Gasteiger partial charge >= 0.3 is 0 Å². The summed E-state index contributed by atoms with van der Waals surface area (Å²) >= 11 is 1.54. The van der Waals surface area contributed by atoms with E-state index in [0.717, 1.165) is 9.75 Å². The molecule has 1 atom stereocenters. The SMILES string of the molecule is Cc1cc(C(=O)CCC(=O)NNC(=O)[C@H](C)Oc2ccc(F)cc2)c(C)s1. The molecule has 2 amide bonds. The number of halogens is 1.